The largest absolute Gasteiger partial charge is 0.497 e. The van der Waals surface area contributed by atoms with Gasteiger partial charge in [0.1, 0.15) is 5.75 Å². The monoisotopic (exact) mass is 189 g/mol. The van der Waals surface area contributed by atoms with Gasteiger partial charge < -0.3 is 10.1 Å². The van der Waals surface area contributed by atoms with Crippen LogP contribution in [0.15, 0.2) is 18.2 Å². The van der Waals surface area contributed by atoms with E-state index in [0.29, 0.717) is 0 Å². The second kappa shape index (κ2) is 5.18. The Morgan fingerprint density at radius 3 is 2.86 bits per heavy atom. The van der Waals surface area contributed by atoms with Gasteiger partial charge in [0.15, 0.2) is 0 Å². The van der Waals surface area contributed by atoms with Crippen molar-refractivity contribution in [1.29, 1.82) is 0 Å². The van der Waals surface area contributed by atoms with E-state index < -0.39 is 0 Å². The maximum atomic E-state index is 5.17. The highest BCUT2D eigenvalue weighted by atomic mass is 16.5. The number of hydrogen-bond acceptors (Lipinski definition) is 2. The number of ether oxygens (including phenoxy) is 1. The van der Waals surface area contributed by atoms with Gasteiger partial charge in [0.2, 0.25) is 0 Å². The molecule has 0 aliphatic carbocycles. The van der Waals surface area contributed by atoms with E-state index in [9.17, 15) is 0 Å². The fourth-order valence-electron chi connectivity index (χ4n) is 1.23. The predicted molar refractivity (Wildman–Crippen MR) is 59.7 cm³/mol. The van der Waals surface area contributed by atoms with Gasteiger partial charge in [-0.1, -0.05) is 0 Å². The van der Waals surface area contributed by atoms with Gasteiger partial charge >= 0.3 is 0 Å². The molecule has 0 spiro atoms. The molecule has 0 unspecified atom stereocenters. The Hall–Kier alpha value is -1.62. The molecule has 1 aromatic carbocycles. The van der Waals surface area contributed by atoms with E-state index in [2.05, 4.69) is 11.2 Å². The Morgan fingerprint density at radius 1 is 1.50 bits per heavy atom. The first-order valence-corrected chi connectivity index (χ1v) is 4.60. The molecule has 0 radical (unpaired) electrons. The Morgan fingerprint density at radius 2 is 2.29 bits per heavy atom. The van der Waals surface area contributed by atoms with Gasteiger partial charge in [0, 0.05) is 18.7 Å². The van der Waals surface area contributed by atoms with Gasteiger partial charge in [-0.15, -0.1) is 12.3 Å². The zero-order chi connectivity index (χ0) is 10.4. The second-order valence-electron chi connectivity index (χ2n) is 3.06. The van der Waals surface area contributed by atoms with Crippen LogP contribution in [0.3, 0.4) is 0 Å². The summed E-state index contributed by atoms with van der Waals surface area (Å²) in [5, 5.41) is 3.27. The van der Waals surface area contributed by atoms with Crippen LogP contribution in [0.1, 0.15) is 12.0 Å². The summed E-state index contributed by atoms with van der Waals surface area (Å²) >= 11 is 0. The number of rotatable bonds is 4. The van der Waals surface area contributed by atoms with Crippen LogP contribution < -0.4 is 10.1 Å². The molecular formula is C12H15NO. The highest BCUT2D eigenvalue weighted by molar-refractivity contribution is 5.53. The van der Waals surface area contributed by atoms with Crippen molar-refractivity contribution in [3.05, 3.63) is 23.8 Å². The standard InChI is InChI=1S/C12H15NO/c1-4-5-8-13-12-7-6-11(14-3)9-10(12)2/h1,6-7,9,13H,5,8H2,2-3H3. The molecule has 1 N–H and O–H groups in total. The molecule has 0 saturated heterocycles. The molecule has 2 nitrogen and oxygen atoms in total. The first-order valence-electron chi connectivity index (χ1n) is 4.60. The molecule has 74 valence electrons. The third-order valence-corrected chi connectivity index (χ3v) is 2.02. The summed E-state index contributed by atoms with van der Waals surface area (Å²) in [6, 6.07) is 5.94. The molecule has 1 rings (SSSR count). The number of anilines is 1. The van der Waals surface area contributed by atoms with Crippen LogP contribution in [0.2, 0.25) is 0 Å². The maximum Gasteiger partial charge on any atom is 0.119 e. The van der Waals surface area contributed by atoms with E-state index in [0.717, 1.165) is 24.4 Å². The summed E-state index contributed by atoms with van der Waals surface area (Å²) in [6.45, 7) is 2.85. The smallest absolute Gasteiger partial charge is 0.119 e. The van der Waals surface area contributed by atoms with Crippen molar-refractivity contribution >= 4 is 5.69 Å². The second-order valence-corrected chi connectivity index (χ2v) is 3.06. The zero-order valence-corrected chi connectivity index (χ0v) is 8.63. The molecule has 0 aromatic heterocycles. The molecule has 0 fully saturated rings. The molecule has 0 aliphatic rings. The zero-order valence-electron chi connectivity index (χ0n) is 8.63. The molecule has 2 heteroatoms. The van der Waals surface area contributed by atoms with Crippen molar-refractivity contribution in [2.75, 3.05) is 19.0 Å². The number of nitrogens with one attached hydrogen (secondary N) is 1. The highest BCUT2D eigenvalue weighted by Crippen LogP contribution is 2.20. The van der Waals surface area contributed by atoms with E-state index >= 15 is 0 Å². The fourth-order valence-corrected chi connectivity index (χ4v) is 1.23. The summed E-state index contributed by atoms with van der Waals surface area (Å²) < 4.78 is 5.12. The van der Waals surface area contributed by atoms with Gasteiger partial charge in [0.05, 0.1) is 7.11 Å². The molecule has 0 heterocycles. The van der Waals surface area contributed by atoms with Crippen molar-refractivity contribution in [2.45, 2.75) is 13.3 Å². The van der Waals surface area contributed by atoms with Gasteiger partial charge in [-0.05, 0) is 30.7 Å². The lowest BCUT2D eigenvalue weighted by Crippen LogP contribution is -2.01. The van der Waals surface area contributed by atoms with Crippen LogP contribution >= 0.6 is 0 Å². The summed E-state index contributed by atoms with van der Waals surface area (Å²) in [5.41, 5.74) is 2.28. The summed E-state index contributed by atoms with van der Waals surface area (Å²) in [4.78, 5) is 0. The lowest BCUT2D eigenvalue weighted by atomic mass is 10.2. The molecule has 0 aliphatic heterocycles. The van der Waals surface area contributed by atoms with E-state index in [-0.39, 0.29) is 0 Å². The molecule has 0 atom stereocenters. The van der Waals surface area contributed by atoms with Gasteiger partial charge in [-0.25, -0.2) is 0 Å². The van der Waals surface area contributed by atoms with E-state index in [4.69, 9.17) is 11.2 Å². The van der Waals surface area contributed by atoms with Gasteiger partial charge in [0.25, 0.3) is 0 Å². The number of terminal acetylenes is 1. The van der Waals surface area contributed by atoms with Crippen molar-refractivity contribution in [3.8, 4) is 18.1 Å². The van der Waals surface area contributed by atoms with Crippen LogP contribution in [0.4, 0.5) is 5.69 Å². The minimum Gasteiger partial charge on any atom is -0.497 e. The molecule has 0 saturated carbocycles. The first kappa shape index (κ1) is 10.5. The summed E-state index contributed by atoms with van der Waals surface area (Å²) in [5.74, 6) is 3.47. The minimum absolute atomic E-state index is 0.742. The third-order valence-electron chi connectivity index (χ3n) is 2.02. The number of benzene rings is 1. The quantitative estimate of drug-likeness (QED) is 0.580. The third kappa shape index (κ3) is 2.70. The van der Waals surface area contributed by atoms with E-state index in [1.807, 2.05) is 25.1 Å². The Labute approximate surface area is 85.3 Å². The van der Waals surface area contributed by atoms with E-state index in [1.54, 1.807) is 7.11 Å². The average molecular weight is 189 g/mol. The fraction of sp³-hybridized carbons (Fsp3) is 0.333. The molecular weight excluding hydrogens is 174 g/mol. The van der Waals surface area contributed by atoms with Crippen molar-refractivity contribution < 1.29 is 4.74 Å². The molecule has 0 bridgehead atoms. The minimum atomic E-state index is 0.742. The SMILES string of the molecule is C#CCCNc1ccc(OC)cc1C. The molecule has 14 heavy (non-hydrogen) atoms. The van der Waals surface area contributed by atoms with Gasteiger partial charge in [-0.2, -0.15) is 0 Å². The van der Waals surface area contributed by atoms with Crippen LogP contribution in [-0.2, 0) is 0 Å². The number of methoxy groups -OCH3 is 1. The molecule has 1 aromatic rings. The maximum absolute atomic E-state index is 5.17. The van der Waals surface area contributed by atoms with Crippen LogP contribution in [0.25, 0.3) is 0 Å². The van der Waals surface area contributed by atoms with Crippen LogP contribution in [0.5, 0.6) is 5.75 Å². The van der Waals surface area contributed by atoms with E-state index in [1.165, 1.54) is 5.56 Å². The summed E-state index contributed by atoms with van der Waals surface area (Å²) in [6.07, 6.45) is 5.91. The predicted octanol–water partition coefficient (Wildman–Crippen LogP) is 2.44. The van der Waals surface area contributed by atoms with Gasteiger partial charge in [-0.3, -0.25) is 0 Å². The lowest BCUT2D eigenvalue weighted by Gasteiger charge is -2.09. The summed E-state index contributed by atoms with van der Waals surface area (Å²) in [7, 11) is 1.67. The normalized spacial score (nSPS) is 9.21. The first-order chi connectivity index (χ1) is 6.77. The van der Waals surface area contributed by atoms with Crippen LogP contribution in [-0.4, -0.2) is 13.7 Å². The Kier molecular flexibility index (Phi) is 3.87. The topological polar surface area (TPSA) is 21.3 Å². The number of aryl methyl sites for hydroxylation is 1. The van der Waals surface area contributed by atoms with Crippen LogP contribution in [0, 0.1) is 19.3 Å². The van der Waals surface area contributed by atoms with Crippen molar-refractivity contribution in [2.24, 2.45) is 0 Å². The Bertz CT molecular complexity index is 339. The lowest BCUT2D eigenvalue weighted by molar-refractivity contribution is 0.414. The number of hydrogen-bond donors (Lipinski definition) is 1. The highest BCUT2D eigenvalue weighted by Gasteiger charge is 1.98. The molecule has 0 amide bonds. The van der Waals surface area contributed by atoms with Crippen molar-refractivity contribution in [1.82, 2.24) is 0 Å². The van der Waals surface area contributed by atoms with Crippen molar-refractivity contribution in [3.63, 3.8) is 0 Å². The Balaban J connectivity index is 2.65. The average Bonchev–Trinajstić information content (AvgIpc) is 2.20.